The highest BCUT2D eigenvalue weighted by atomic mass is 19.4. The van der Waals surface area contributed by atoms with E-state index in [2.05, 4.69) is 10.6 Å². The van der Waals surface area contributed by atoms with Crippen LogP contribution in [0.1, 0.15) is 27.1 Å². The lowest BCUT2D eigenvalue weighted by molar-refractivity contribution is -0.123. The molecule has 0 aliphatic rings. The van der Waals surface area contributed by atoms with Gasteiger partial charge in [0.1, 0.15) is 12.3 Å². The molecular weight excluding hydrogens is 403 g/mol. The molecule has 0 aromatic heterocycles. The Hall–Kier alpha value is -3.56. The van der Waals surface area contributed by atoms with E-state index < -0.39 is 18.6 Å². The number of ether oxygens (including phenoxy) is 1. The SMILES string of the molecule is COc1ccccc1C(=O)NCCC(=O)Nc1ccc(C(=O)NCC(F)(F)F)cc1. The number of methoxy groups -OCH3 is 1. The van der Waals surface area contributed by atoms with Crippen molar-refractivity contribution in [1.29, 1.82) is 0 Å². The second-order valence-electron chi connectivity index (χ2n) is 6.13. The van der Waals surface area contributed by atoms with E-state index in [0.29, 0.717) is 17.0 Å². The largest absolute Gasteiger partial charge is 0.496 e. The minimum Gasteiger partial charge on any atom is -0.496 e. The van der Waals surface area contributed by atoms with E-state index in [4.69, 9.17) is 4.74 Å². The second-order valence-corrected chi connectivity index (χ2v) is 6.13. The summed E-state index contributed by atoms with van der Waals surface area (Å²) in [6, 6.07) is 12.1. The molecule has 0 unspecified atom stereocenters. The molecule has 0 saturated heterocycles. The monoisotopic (exact) mass is 423 g/mol. The van der Waals surface area contributed by atoms with Crippen molar-refractivity contribution < 1.29 is 32.3 Å². The van der Waals surface area contributed by atoms with Crippen molar-refractivity contribution in [2.75, 3.05) is 25.5 Å². The minimum absolute atomic E-state index is 0.00525. The Labute approximate surface area is 170 Å². The predicted octanol–water partition coefficient (Wildman–Crippen LogP) is 2.75. The number of anilines is 1. The Bertz CT molecular complexity index is 899. The standard InChI is InChI=1S/C20H20F3N3O4/c1-30-16-5-3-2-4-15(16)19(29)24-11-10-17(27)26-14-8-6-13(7-9-14)18(28)25-12-20(21,22)23/h2-9H,10-12H2,1H3,(H,24,29)(H,25,28)(H,26,27). The maximum Gasteiger partial charge on any atom is 0.405 e. The predicted molar refractivity (Wildman–Crippen MR) is 103 cm³/mol. The van der Waals surface area contributed by atoms with E-state index in [1.165, 1.54) is 31.4 Å². The molecule has 0 radical (unpaired) electrons. The van der Waals surface area contributed by atoms with Gasteiger partial charge in [0.15, 0.2) is 0 Å². The summed E-state index contributed by atoms with van der Waals surface area (Å²) in [7, 11) is 1.45. The summed E-state index contributed by atoms with van der Waals surface area (Å²) in [4.78, 5) is 35.8. The highest BCUT2D eigenvalue weighted by molar-refractivity contribution is 5.98. The van der Waals surface area contributed by atoms with Gasteiger partial charge in [0.2, 0.25) is 5.91 Å². The number of amides is 3. The number of carbonyl (C=O) groups excluding carboxylic acids is 3. The third-order valence-electron chi connectivity index (χ3n) is 3.87. The number of para-hydroxylation sites is 1. The van der Waals surface area contributed by atoms with Crippen molar-refractivity contribution in [2.45, 2.75) is 12.6 Å². The average Bonchev–Trinajstić information content (AvgIpc) is 2.71. The van der Waals surface area contributed by atoms with E-state index in [9.17, 15) is 27.6 Å². The molecule has 0 atom stereocenters. The van der Waals surface area contributed by atoms with Crippen LogP contribution >= 0.6 is 0 Å². The lowest BCUT2D eigenvalue weighted by Crippen LogP contribution is -2.33. The van der Waals surface area contributed by atoms with Crippen LogP contribution in [0.5, 0.6) is 5.75 Å². The lowest BCUT2D eigenvalue weighted by atomic mass is 10.2. The number of alkyl halides is 3. The molecule has 0 aliphatic carbocycles. The van der Waals surface area contributed by atoms with Crippen LogP contribution in [0.25, 0.3) is 0 Å². The molecule has 0 fully saturated rings. The number of benzene rings is 2. The van der Waals surface area contributed by atoms with Crippen LogP contribution < -0.4 is 20.7 Å². The molecule has 7 nitrogen and oxygen atoms in total. The number of halogens is 3. The van der Waals surface area contributed by atoms with Crippen LogP contribution in [0.15, 0.2) is 48.5 Å². The molecule has 3 amide bonds. The van der Waals surface area contributed by atoms with E-state index in [1.807, 2.05) is 0 Å². The number of nitrogens with one attached hydrogen (secondary N) is 3. The maximum absolute atomic E-state index is 12.1. The van der Waals surface area contributed by atoms with Crippen molar-refractivity contribution in [3.63, 3.8) is 0 Å². The summed E-state index contributed by atoms with van der Waals surface area (Å²) in [5.74, 6) is -1.22. The van der Waals surface area contributed by atoms with Crippen LogP contribution in [0.2, 0.25) is 0 Å². The summed E-state index contributed by atoms with van der Waals surface area (Å²) in [6.45, 7) is -1.34. The van der Waals surface area contributed by atoms with Crippen molar-refractivity contribution in [3.05, 3.63) is 59.7 Å². The van der Waals surface area contributed by atoms with Gasteiger partial charge in [-0.1, -0.05) is 12.1 Å². The van der Waals surface area contributed by atoms with E-state index in [0.717, 1.165) is 0 Å². The molecule has 3 N–H and O–H groups in total. The molecule has 0 bridgehead atoms. The molecule has 0 saturated carbocycles. The van der Waals surface area contributed by atoms with Gasteiger partial charge in [-0.15, -0.1) is 0 Å². The molecule has 0 spiro atoms. The van der Waals surface area contributed by atoms with Gasteiger partial charge < -0.3 is 20.7 Å². The average molecular weight is 423 g/mol. The third kappa shape index (κ3) is 7.12. The zero-order chi connectivity index (χ0) is 22.1. The smallest absolute Gasteiger partial charge is 0.405 e. The number of rotatable bonds is 8. The van der Waals surface area contributed by atoms with Crippen LogP contribution in [-0.4, -0.2) is 44.1 Å². The zero-order valence-electron chi connectivity index (χ0n) is 16.0. The number of carbonyl (C=O) groups is 3. The Morgan fingerprint density at radius 3 is 2.23 bits per heavy atom. The molecule has 2 aromatic carbocycles. The van der Waals surface area contributed by atoms with Gasteiger partial charge in [0, 0.05) is 24.2 Å². The third-order valence-corrected chi connectivity index (χ3v) is 3.87. The van der Waals surface area contributed by atoms with Gasteiger partial charge in [0.05, 0.1) is 12.7 Å². The summed E-state index contributed by atoms with van der Waals surface area (Å²) >= 11 is 0. The Morgan fingerprint density at radius 2 is 1.60 bits per heavy atom. The zero-order valence-corrected chi connectivity index (χ0v) is 16.0. The first kappa shape index (κ1) is 22.7. The Balaban J connectivity index is 1.79. The van der Waals surface area contributed by atoms with Crippen molar-refractivity contribution >= 4 is 23.4 Å². The van der Waals surface area contributed by atoms with Gasteiger partial charge in [-0.05, 0) is 36.4 Å². The molecule has 10 heteroatoms. The number of hydrogen-bond acceptors (Lipinski definition) is 4. The highest BCUT2D eigenvalue weighted by Gasteiger charge is 2.27. The Morgan fingerprint density at radius 1 is 0.933 bits per heavy atom. The first-order valence-electron chi connectivity index (χ1n) is 8.85. The van der Waals surface area contributed by atoms with Crippen LogP contribution in [-0.2, 0) is 4.79 Å². The quantitative estimate of drug-likeness (QED) is 0.608. The fourth-order valence-corrected chi connectivity index (χ4v) is 2.43. The van der Waals surface area contributed by atoms with Gasteiger partial charge >= 0.3 is 6.18 Å². The van der Waals surface area contributed by atoms with Crippen molar-refractivity contribution in [1.82, 2.24) is 10.6 Å². The van der Waals surface area contributed by atoms with Gasteiger partial charge in [0.25, 0.3) is 11.8 Å². The minimum atomic E-state index is -4.50. The van der Waals surface area contributed by atoms with Crippen LogP contribution in [0.4, 0.5) is 18.9 Å². The summed E-state index contributed by atoms with van der Waals surface area (Å²) < 4.78 is 41.5. The van der Waals surface area contributed by atoms with E-state index in [1.54, 1.807) is 29.6 Å². The second kappa shape index (κ2) is 10.3. The molecule has 2 aromatic rings. The molecule has 160 valence electrons. The summed E-state index contributed by atoms with van der Waals surface area (Å²) in [6.07, 6.45) is -4.50. The Kier molecular flexibility index (Phi) is 7.79. The summed E-state index contributed by atoms with van der Waals surface area (Å²) in [5, 5.41) is 6.95. The van der Waals surface area contributed by atoms with Crippen molar-refractivity contribution in [2.24, 2.45) is 0 Å². The van der Waals surface area contributed by atoms with Gasteiger partial charge in [-0.25, -0.2) is 0 Å². The van der Waals surface area contributed by atoms with E-state index >= 15 is 0 Å². The highest BCUT2D eigenvalue weighted by Crippen LogP contribution is 2.17. The van der Waals surface area contributed by atoms with Crippen LogP contribution in [0.3, 0.4) is 0 Å². The molecule has 0 aliphatic heterocycles. The maximum atomic E-state index is 12.1. The molecule has 2 rings (SSSR count). The number of hydrogen-bond donors (Lipinski definition) is 3. The summed E-state index contributed by atoms with van der Waals surface area (Å²) in [5.41, 5.74) is 0.740. The molecule has 0 heterocycles. The van der Waals surface area contributed by atoms with Gasteiger partial charge in [-0.3, -0.25) is 14.4 Å². The fourth-order valence-electron chi connectivity index (χ4n) is 2.43. The van der Waals surface area contributed by atoms with E-state index in [-0.39, 0.29) is 30.3 Å². The normalized spacial score (nSPS) is 10.8. The first-order chi connectivity index (χ1) is 14.2. The van der Waals surface area contributed by atoms with Crippen LogP contribution in [0, 0.1) is 0 Å². The fraction of sp³-hybridized carbons (Fsp3) is 0.250. The first-order valence-corrected chi connectivity index (χ1v) is 8.85. The van der Waals surface area contributed by atoms with Crippen molar-refractivity contribution in [3.8, 4) is 5.75 Å². The molecular formula is C20H20F3N3O4. The molecule has 30 heavy (non-hydrogen) atoms. The topological polar surface area (TPSA) is 96.5 Å². The lowest BCUT2D eigenvalue weighted by Gasteiger charge is -2.10. The van der Waals surface area contributed by atoms with Gasteiger partial charge in [-0.2, -0.15) is 13.2 Å².